The number of likely N-dealkylation sites (tertiary alicyclic amines) is 1. The van der Waals surface area contributed by atoms with Crippen LogP contribution in [0.1, 0.15) is 73.1 Å². The lowest BCUT2D eigenvalue weighted by molar-refractivity contribution is -0.0198. The van der Waals surface area contributed by atoms with Crippen LogP contribution in [-0.2, 0) is 4.74 Å². The number of piperidine rings is 1. The summed E-state index contributed by atoms with van der Waals surface area (Å²) >= 11 is 0. The lowest BCUT2D eigenvalue weighted by Crippen LogP contribution is -2.47. The first kappa shape index (κ1) is 18.0. The fourth-order valence-electron chi connectivity index (χ4n) is 3.81. The van der Waals surface area contributed by atoms with Gasteiger partial charge in [-0.25, -0.2) is 0 Å². The summed E-state index contributed by atoms with van der Waals surface area (Å²) in [5.41, 5.74) is 0.759. The molecule has 1 heterocycles. The van der Waals surface area contributed by atoms with Crippen molar-refractivity contribution in [1.82, 2.24) is 4.90 Å². The molecule has 2 heteroatoms. The molecule has 0 radical (unpaired) electrons. The molecule has 1 saturated heterocycles. The Hall–Kier alpha value is -0.0800. The average molecular weight is 284 g/mol. The van der Waals surface area contributed by atoms with Gasteiger partial charge in [-0.1, -0.05) is 20.8 Å². The van der Waals surface area contributed by atoms with Crippen LogP contribution in [0.2, 0.25) is 0 Å². The van der Waals surface area contributed by atoms with Crippen molar-refractivity contribution >= 4 is 0 Å². The topological polar surface area (TPSA) is 12.5 Å². The van der Waals surface area contributed by atoms with E-state index in [4.69, 9.17) is 4.74 Å². The molecule has 2 rings (SSSR count). The van der Waals surface area contributed by atoms with Crippen molar-refractivity contribution in [2.75, 3.05) is 26.2 Å². The summed E-state index contributed by atoms with van der Waals surface area (Å²) in [4.78, 5) is 2.61. The Labute approximate surface area is 127 Å². The van der Waals surface area contributed by atoms with Gasteiger partial charge in [-0.2, -0.15) is 0 Å². The van der Waals surface area contributed by atoms with E-state index in [0.717, 1.165) is 17.9 Å². The first-order valence-corrected chi connectivity index (χ1v) is 8.97. The fourth-order valence-corrected chi connectivity index (χ4v) is 3.81. The van der Waals surface area contributed by atoms with Crippen LogP contribution in [0.15, 0.2) is 0 Å². The number of ether oxygens (including phenoxy) is 1. The van der Waals surface area contributed by atoms with E-state index < -0.39 is 0 Å². The highest BCUT2D eigenvalue weighted by atomic mass is 16.5. The molecule has 0 aromatic heterocycles. The van der Waals surface area contributed by atoms with E-state index >= 15 is 0 Å². The van der Waals surface area contributed by atoms with Gasteiger partial charge in [0.15, 0.2) is 0 Å². The van der Waals surface area contributed by atoms with Crippen LogP contribution >= 0.6 is 0 Å². The van der Waals surface area contributed by atoms with E-state index in [2.05, 4.69) is 25.7 Å². The second-order valence-electron chi connectivity index (χ2n) is 6.77. The highest BCUT2D eigenvalue weighted by Gasteiger charge is 2.44. The van der Waals surface area contributed by atoms with E-state index in [1.54, 1.807) is 0 Å². The van der Waals surface area contributed by atoms with Crippen LogP contribution in [0.3, 0.4) is 0 Å². The third-order valence-electron chi connectivity index (χ3n) is 5.02. The minimum Gasteiger partial charge on any atom is -0.379 e. The third kappa shape index (κ3) is 5.37. The molecule has 0 aromatic carbocycles. The van der Waals surface area contributed by atoms with E-state index in [1.165, 1.54) is 58.2 Å². The Balaban J connectivity index is 0.000000956. The molecular formula is C18H37NO. The summed E-state index contributed by atoms with van der Waals surface area (Å²) < 4.78 is 5.62. The Kier molecular flexibility index (Phi) is 8.13. The fraction of sp³-hybridized carbons (Fsp3) is 1.00. The highest BCUT2D eigenvalue weighted by Crippen LogP contribution is 2.53. The normalized spacial score (nSPS) is 22.5. The molecule has 2 fully saturated rings. The van der Waals surface area contributed by atoms with Gasteiger partial charge in [-0.3, -0.25) is 0 Å². The Morgan fingerprint density at radius 2 is 1.75 bits per heavy atom. The monoisotopic (exact) mass is 283 g/mol. The SMILES string of the molecule is CC.CCN1CCC2(CC1)CC(CCCOC(C)C)C2. The van der Waals surface area contributed by atoms with Crippen LogP contribution in [0.5, 0.6) is 0 Å². The summed E-state index contributed by atoms with van der Waals surface area (Å²) in [6, 6.07) is 0. The molecule has 1 saturated carbocycles. The Morgan fingerprint density at radius 3 is 2.25 bits per heavy atom. The van der Waals surface area contributed by atoms with Crippen LogP contribution in [0, 0.1) is 11.3 Å². The molecule has 2 aliphatic rings. The molecule has 0 amide bonds. The minimum absolute atomic E-state index is 0.399. The quantitative estimate of drug-likeness (QED) is 0.653. The summed E-state index contributed by atoms with van der Waals surface area (Å²) in [6.45, 7) is 15.4. The first-order chi connectivity index (χ1) is 9.63. The van der Waals surface area contributed by atoms with Gasteiger partial charge >= 0.3 is 0 Å². The van der Waals surface area contributed by atoms with Crippen molar-refractivity contribution < 1.29 is 4.74 Å². The molecular weight excluding hydrogens is 246 g/mol. The van der Waals surface area contributed by atoms with Gasteiger partial charge in [0, 0.05) is 6.61 Å². The molecule has 20 heavy (non-hydrogen) atoms. The van der Waals surface area contributed by atoms with Crippen molar-refractivity contribution in [3.05, 3.63) is 0 Å². The summed E-state index contributed by atoms with van der Waals surface area (Å²) in [6.07, 6.45) is 8.99. The van der Waals surface area contributed by atoms with Crippen molar-refractivity contribution in [3.63, 3.8) is 0 Å². The zero-order valence-electron chi connectivity index (χ0n) is 14.6. The number of rotatable bonds is 6. The Bertz CT molecular complexity index is 236. The summed E-state index contributed by atoms with van der Waals surface area (Å²) in [5, 5.41) is 0. The van der Waals surface area contributed by atoms with E-state index in [0.29, 0.717) is 6.10 Å². The smallest absolute Gasteiger partial charge is 0.0518 e. The summed E-state index contributed by atoms with van der Waals surface area (Å²) in [5.74, 6) is 1.01. The lowest BCUT2D eigenvalue weighted by Gasteiger charge is -2.52. The van der Waals surface area contributed by atoms with Gasteiger partial charge in [0.05, 0.1) is 6.10 Å². The zero-order valence-corrected chi connectivity index (χ0v) is 14.6. The van der Waals surface area contributed by atoms with Crippen LogP contribution in [-0.4, -0.2) is 37.2 Å². The molecule has 2 nitrogen and oxygen atoms in total. The Morgan fingerprint density at radius 1 is 1.15 bits per heavy atom. The van der Waals surface area contributed by atoms with Gasteiger partial charge in [0.2, 0.25) is 0 Å². The maximum absolute atomic E-state index is 5.62. The molecule has 0 atom stereocenters. The largest absolute Gasteiger partial charge is 0.379 e. The summed E-state index contributed by atoms with van der Waals surface area (Å²) in [7, 11) is 0. The van der Waals surface area contributed by atoms with Crippen LogP contribution < -0.4 is 0 Å². The number of hydrogen-bond donors (Lipinski definition) is 0. The maximum Gasteiger partial charge on any atom is 0.0518 e. The molecule has 0 bridgehead atoms. The van der Waals surface area contributed by atoms with Crippen LogP contribution in [0.4, 0.5) is 0 Å². The van der Waals surface area contributed by atoms with Crippen molar-refractivity contribution in [3.8, 4) is 0 Å². The van der Waals surface area contributed by atoms with E-state index in [-0.39, 0.29) is 0 Å². The molecule has 1 aliphatic heterocycles. The number of hydrogen-bond acceptors (Lipinski definition) is 2. The zero-order chi connectivity index (χ0) is 15.0. The molecule has 0 unspecified atom stereocenters. The van der Waals surface area contributed by atoms with E-state index in [9.17, 15) is 0 Å². The van der Waals surface area contributed by atoms with Crippen molar-refractivity contribution in [2.24, 2.45) is 11.3 Å². The molecule has 1 aliphatic carbocycles. The molecule has 120 valence electrons. The van der Waals surface area contributed by atoms with Gasteiger partial charge < -0.3 is 9.64 Å². The predicted octanol–water partition coefficient (Wildman–Crippen LogP) is 4.73. The van der Waals surface area contributed by atoms with Gasteiger partial charge in [0.25, 0.3) is 0 Å². The molecule has 1 spiro atoms. The third-order valence-corrected chi connectivity index (χ3v) is 5.02. The van der Waals surface area contributed by atoms with Crippen LogP contribution in [0.25, 0.3) is 0 Å². The van der Waals surface area contributed by atoms with Crippen molar-refractivity contribution in [2.45, 2.75) is 79.2 Å². The highest BCUT2D eigenvalue weighted by molar-refractivity contribution is 4.96. The van der Waals surface area contributed by atoms with Crippen molar-refractivity contribution in [1.29, 1.82) is 0 Å². The predicted molar refractivity (Wildman–Crippen MR) is 88.2 cm³/mol. The number of nitrogens with zero attached hydrogens (tertiary/aromatic N) is 1. The minimum atomic E-state index is 0.399. The van der Waals surface area contributed by atoms with Gasteiger partial charge in [-0.15, -0.1) is 0 Å². The van der Waals surface area contributed by atoms with Gasteiger partial charge in [0.1, 0.15) is 0 Å². The maximum atomic E-state index is 5.62. The lowest BCUT2D eigenvalue weighted by atomic mass is 9.56. The second-order valence-corrected chi connectivity index (χ2v) is 6.77. The van der Waals surface area contributed by atoms with Gasteiger partial charge in [-0.05, 0) is 83.3 Å². The molecule has 0 aromatic rings. The van der Waals surface area contributed by atoms with E-state index in [1.807, 2.05) is 13.8 Å². The first-order valence-electron chi connectivity index (χ1n) is 8.97. The standard InChI is InChI=1S/C16H31NO.C2H6/c1-4-17-9-7-16(8-10-17)12-15(13-16)6-5-11-18-14(2)3;1-2/h14-15H,4-13H2,1-3H3;1-2H3. The molecule has 0 N–H and O–H groups in total. The second kappa shape index (κ2) is 9.04. The average Bonchev–Trinajstić information content (AvgIpc) is 2.44.